The predicted molar refractivity (Wildman–Crippen MR) is 90.8 cm³/mol. The summed E-state index contributed by atoms with van der Waals surface area (Å²) in [5, 5.41) is 5.85. The van der Waals surface area contributed by atoms with Crippen molar-refractivity contribution in [1.29, 1.82) is 0 Å². The van der Waals surface area contributed by atoms with Crippen LogP contribution in [0.5, 0.6) is 0 Å². The van der Waals surface area contributed by atoms with Crippen molar-refractivity contribution >= 4 is 11.3 Å². The Bertz CT molecular complexity index is 562. The van der Waals surface area contributed by atoms with Crippen LogP contribution in [0.1, 0.15) is 35.9 Å². The van der Waals surface area contributed by atoms with Crippen molar-refractivity contribution in [3.63, 3.8) is 0 Å². The molecule has 0 bridgehead atoms. The maximum absolute atomic E-state index is 3.62. The molecule has 3 heteroatoms. The van der Waals surface area contributed by atoms with Gasteiger partial charge in [-0.25, -0.2) is 0 Å². The van der Waals surface area contributed by atoms with E-state index in [2.05, 4.69) is 65.8 Å². The number of benzene rings is 1. The summed E-state index contributed by atoms with van der Waals surface area (Å²) >= 11 is 1.91. The van der Waals surface area contributed by atoms with Gasteiger partial charge in [0, 0.05) is 36.6 Å². The molecule has 1 aromatic heterocycles. The van der Waals surface area contributed by atoms with Gasteiger partial charge >= 0.3 is 0 Å². The van der Waals surface area contributed by atoms with Gasteiger partial charge in [-0.05, 0) is 29.0 Å². The monoisotopic (exact) mass is 300 g/mol. The van der Waals surface area contributed by atoms with Crippen LogP contribution in [0.4, 0.5) is 0 Å². The van der Waals surface area contributed by atoms with Gasteiger partial charge in [-0.1, -0.05) is 44.2 Å². The Kier molecular flexibility index (Phi) is 4.73. The number of rotatable bonds is 5. The van der Waals surface area contributed by atoms with Crippen LogP contribution in [-0.2, 0) is 13.0 Å². The molecule has 1 aliphatic heterocycles. The number of nitrogens with zero attached hydrogens (tertiary/aromatic N) is 1. The SMILES string of the molecule is CC(C)NCC(c1ccccc1)N1CCc2sccc2C1. The maximum Gasteiger partial charge on any atom is 0.0476 e. The van der Waals surface area contributed by atoms with E-state index in [1.54, 1.807) is 4.88 Å². The van der Waals surface area contributed by atoms with E-state index in [-0.39, 0.29) is 0 Å². The predicted octanol–water partition coefficient (Wildman–Crippen LogP) is 3.85. The first-order valence-electron chi connectivity index (χ1n) is 7.81. The van der Waals surface area contributed by atoms with Crippen LogP contribution in [0, 0.1) is 0 Å². The first-order valence-corrected chi connectivity index (χ1v) is 8.69. The number of thiophene rings is 1. The van der Waals surface area contributed by atoms with Crippen molar-refractivity contribution in [2.45, 2.75) is 38.9 Å². The summed E-state index contributed by atoms with van der Waals surface area (Å²) in [7, 11) is 0. The van der Waals surface area contributed by atoms with E-state index >= 15 is 0 Å². The number of fused-ring (bicyclic) bond motifs is 1. The van der Waals surface area contributed by atoms with Gasteiger partial charge in [-0.2, -0.15) is 0 Å². The summed E-state index contributed by atoms with van der Waals surface area (Å²) < 4.78 is 0. The zero-order valence-corrected chi connectivity index (χ0v) is 13.7. The van der Waals surface area contributed by atoms with E-state index in [0.29, 0.717) is 12.1 Å². The molecule has 3 rings (SSSR count). The third-order valence-electron chi connectivity index (χ3n) is 4.18. The molecule has 2 heterocycles. The van der Waals surface area contributed by atoms with E-state index in [0.717, 1.165) is 19.6 Å². The zero-order valence-electron chi connectivity index (χ0n) is 12.9. The molecule has 0 saturated heterocycles. The highest BCUT2D eigenvalue weighted by atomic mass is 32.1. The average Bonchev–Trinajstić information content (AvgIpc) is 2.96. The van der Waals surface area contributed by atoms with Crippen molar-refractivity contribution < 1.29 is 0 Å². The molecule has 0 radical (unpaired) electrons. The molecule has 1 unspecified atom stereocenters. The van der Waals surface area contributed by atoms with Gasteiger partial charge < -0.3 is 5.32 Å². The van der Waals surface area contributed by atoms with Gasteiger partial charge in [0.15, 0.2) is 0 Å². The van der Waals surface area contributed by atoms with E-state index in [9.17, 15) is 0 Å². The molecule has 0 fully saturated rings. The van der Waals surface area contributed by atoms with Crippen LogP contribution in [-0.4, -0.2) is 24.0 Å². The molecule has 0 aliphatic carbocycles. The summed E-state index contributed by atoms with van der Waals surface area (Å²) in [6.45, 7) is 7.69. The Labute approximate surface area is 131 Å². The highest BCUT2D eigenvalue weighted by Gasteiger charge is 2.25. The molecule has 0 saturated carbocycles. The lowest BCUT2D eigenvalue weighted by atomic mass is 10.0. The van der Waals surface area contributed by atoms with Crippen molar-refractivity contribution in [1.82, 2.24) is 10.2 Å². The summed E-state index contributed by atoms with van der Waals surface area (Å²) in [5.74, 6) is 0. The summed E-state index contributed by atoms with van der Waals surface area (Å²) in [5.41, 5.74) is 2.95. The van der Waals surface area contributed by atoms with E-state index in [1.807, 2.05) is 11.3 Å². The third-order valence-corrected chi connectivity index (χ3v) is 5.20. The molecule has 1 aromatic carbocycles. The topological polar surface area (TPSA) is 15.3 Å². The minimum absolute atomic E-state index is 0.460. The number of hydrogen-bond donors (Lipinski definition) is 1. The Morgan fingerprint density at radius 1 is 1.19 bits per heavy atom. The molecule has 0 spiro atoms. The lowest BCUT2D eigenvalue weighted by Gasteiger charge is -2.35. The summed E-state index contributed by atoms with van der Waals surface area (Å²) in [6.07, 6.45) is 1.19. The van der Waals surface area contributed by atoms with Crippen LogP contribution in [0.3, 0.4) is 0 Å². The molecule has 2 aromatic rings. The lowest BCUT2D eigenvalue weighted by Crippen LogP contribution is -2.40. The smallest absolute Gasteiger partial charge is 0.0476 e. The number of hydrogen-bond acceptors (Lipinski definition) is 3. The average molecular weight is 300 g/mol. The fourth-order valence-corrected chi connectivity index (χ4v) is 3.91. The van der Waals surface area contributed by atoms with Gasteiger partial charge in [0.1, 0.15) is 0 Å². The highest BCUT2D eigenvalue weighted by Crippen LogP contribution is 2.30. The molecule has 21 heavy (non-hydrogen) atoms. The second-order valence-electron chi connectivity index (χ2n) is 6.08. The van der Waals surface area contributed by atoms with E-state index < -0.39 is 0 Å². The molecule has 1 atom stereocenters. The van der Waals surface area contributed by atoms with Crippen LogP contribution in [0.25, 0.3) is 0 Å². The second-order valence-corrected chi connectivity index (χ2v) is 7.08. The minimum Gasteiger partial charge on any atom is -0.313 e. The van der Waals surface area contributed by atoms with Crippen LogP contribution in [0.15, 0.2) is 41.8 Å². The first kappa shape index (κ1) is 14.8. The van der Waals surface area contributed by atoms with Crippen LogP contribution >= 0.6 is 11.3 Å². The Morgan fingerprint density at radius 2 is 2.00 bits per heavy atom. The quantitative estimate of drug-likeness (QED) is 0.902. The molecule has 0 amide bonds. The van der Waals surface area contributed by atoms with Crippen molar-refractivity contribution in [2.24, 2.45) is 0 Å². The van der Waals surface area contributed by atoms with Crippen molar-refractivity contribution in [3.05, 3.63) is 57.8 Å². The lowest BCUT2D eigenvalue weighted by molar-refractivity contribution is 0.174. The van der Waals surface area contributed by atoms with Crippen molar-refractivity contribution in [3.8, 4) is 0 Å². The van der Waals surface area contributed by atoms with Gasteiger partial charge in [0.25, 0.3) is 0 Å². The fraction of sp³-hybridized carbons (Fsp3) is 0.444. The molecular weight excluding hydrogens is 276 g/mol. The normalized spacial score (nSPS) is 16.9. The maximum atomic E-state index is 3.62. The molecule has 1 N–H and O–H groups in total. The van der Waals surface area contributed by atoms with Gasteiger partial charge in [-0.15, -0.1) is 11.3 Å². The van der Waals surface area contributed by atoms with Crippen molar-refractivity contribution in [2.75, 3.05) is 13.1 Å². The molecular formula is C18H24N2S. The molecule has 112 valence electrons. The van der Waals surface area contributed by atoms with E-state index in [4.69, 9.17) is 0 Å². The zero-order chi connectivity index (χ0) is 14.7. The van der Waals surface area contributed by atoms with Gasteiger partial charge in [-0.3, -0.25) is 4.90 Å². The van der Waals surface area contributed by atoms with Crippen LogP contribution in [0.2, 0.25) is 0 Å². The summed E-state index contributed by atoms with van der Waals surface area (Å²) in [6, 6.07) is 14.2. The van der Waals surface area contributed by atoms with Gasteiger partial charge in [0.2, 0.25) is 0 Å². The Balaban J connectivity index is 1.79. The summed E-state index contributed by atoms with van der Waals surface area (Å²) in [4.78, 5) is 4.20. The second kappa shape index (κ2) is 6.73. The minimum atomic E-state index is 0.460. The Hall–Kier alpha value is -1.16. The molecule has 1 aliphatic rings. The highest BCUT2D eigenvalue weighted by molar-refractivity contribution is 7.10. The number of nitrogens with one attached hydrogen (secondary N) is 1. The van der Waals surface area contributed by atoms with Gasteiger partial charge in [0.05, 0.1) is 0 Å². The van der Waals surface area contributed by atoms with E-state index in [1.165, 1.54) is 17.5 Å². The standard InChI is InChI=1S/C18H24N2S/c1-14(2)19-12-17(15-6-4-3-5-7-15)20-10-8-18-16(13-20)9-11-21-18/h3-7,9,11,14,17,19H,8,10,12-13H2,1-2H3. The van der Waals surface area contributed by atoms with Crippen LogP contribution < -0.4 is 5.32 Å². The Morgan fingerprint density at radius 3 is 2.76 bits per heavy atom. The third kappa shape index (κ3) is 3.54. The molecule has 2 nitrogen and oxygen atoms in total. The largest absolute Gasteiger partial charge is 0.313 e. The first-order chi connectivity index (χ1) is 10.2. The fourth-order valence-electron chi connectivity index (χ4n) is 3.02.